The zero-order chi connectivity index (χ0) is 17.7. The van der Waals surface area contributed by atoms with Crippen LogP contribution in [0.4, 0.5) is 0 Å². The molecule has 0 spiro atoms. The molecule has 0 unspecified atom stereocenters. The highest BCUT2D eigenvalue weighted by Crippen LogP contribution is 2.50. The lowest BCUT2D eigenvalue weighted by Gasteiger charge is -2.16. The van der Waals surface area contributed by atoms with E-state index in [1.165, 1.54) is 5.56 Å². The molecule has 0 radical (unpaired) electrons. The molecule has 2 N–H and O–H groups in total. The molecule has 26 heavy (non-hydrogen) atoms. The zero-order valence-electron chi connectivity index (χ0n) is 14.0. The van der Waals surface area contributed by atoms with Gasteiger partial charge in [0.2, 0.25) is 6.79 Å². The Labute approximate surface area is 155 Å². The first-order valence-corrected chi connectivity index (χ1v) is 8.97. The molecular formula is C20H17ClN2O3. The topological polar surface area (TPSA) is 63.4 Å². The number of aromatic nitrogens is 1. The van der Waals surface area contributed by atoms with Crippen molar-refractivity contribution in [2.24, 2.45) is 0 Å². The molecule has 0 saturated heterocycles. The highest BCUT2D eigenvalue weighted by molar-refractivity contribution is 6.31. The van der Waals surface area contributed by atoms with Crippen LogP contribution in [0, 0.1) is 0 Å². The maximum Gasteiger partial charge on any atom is 0.251 e. The number of carbonyl (C=O) groups is 1. The largest absolute Gasteiger partial charge is 0.454 e. The van der Waals surface area contributed by atoms with Crippen LogP contribution in [0.3, 0.4) is 0 Å². The third-order valence-electron chi connectivity index (χ3n) is 5.29. The molecule has 1 aromatic heterocycles. The Morgan fingerprint density at radius 2 is 2.00 bits per heavy atom. The van der Waals surface area contributed by atoms with Crippen molar-refractivity contribution < 1.29 is 14.3 Å². The van der Waals surface area contributed by atoms with Gasteiger partial charge in [0.15, 0.2) is 11.5 Å². The molecule has 3 aromatic rings. The van der Waals surface area contributed by atoms with Crippen molar-refractivity contribution in [2.45, 2.75) is 18.3 Å². The minimum atomic E-state index is -0.104. The van der Waals surface area contributed by atoms with Crippen LogP contribution in [-0.2, 0) is 5.41 Å². The Bertz CT molecular complexity index is 1020. The SMILES string of the molecule is O=C(NCC1(c2c[nH]c3ccc(Cl)cc23)CC1)c1ccc2c(c1)OCO2. The van der Waals surface area contributed by atoms with Gasteiger partial charge in [-0.05, 0) is 54.8 Å². The molecule has 1 amide bonds. The number of rotatable bonds is 4. The number of halogens is 1. The van der Waals surface area contributed by atoms with Gasteiger partial charge in [-0.3, -0.25) is 4.79 Å². The smallest absolute Gasteiger partial charge is 0.251 e. The molecule has 132 valence electrons. The fourth-order valence-electron chi connectivity index (χ4n) is 3.61. The summed E-state index contributed by atoms with van der Waals surface area (Å²) in [4.78, 5) is 15.9. The van der Waals surface area contributed by atoms with Crippen LogP contribution >= 0.6 is 11.6 Å². The van der Waals surface area contributed by atoms with Crippen LogP contribution in [0.5, 0.6) is 11.5 Å². The van der Waals surface area contributed by atoms with E-state index in [0.717, 1.165) is 28.8 Å². The van der Waals surface area contributed by atoms with E-state index >= 15 is 0 Å². The second-order valence-corrected chi connectivity index (χ2v) is 7.36. The normalized spacial score (nSPS) is 16.7. The highest BCUT2D eigenvalue weighted by atomic mass is 35.5. The lowest BCUT2D eigenvalue weighted by Crippen LogP contribution is -2.32. The summed E-state index contributed by atoms with van der Waals surface area (Å²) >= 11 is 6.17. The van der Waals surface area contributed by atoms with Gasteiger partial charge in [-0.15, -0.1) is 0 Å². The Hall–Kier alpha value is -2.66. The number of aromatic amines is 1. The van der Waals surface area contributed by atoms with Gasteiger partial charge >= 0.3 is 0 Å². The predicted octanol–water partition coefficient (Wildman–Crippen LogP) is 4.01. The average Bonchev–Trinajstić information content (AvgIpc) is 3.09. The van der Waals surface area contributed by atoms with Crippen molar-refractivity contribution in [3.8, 4) is 11.5 Å². The van der Waals surface area contributed by atoms with Gasteiger partial charge < -0.3 is 19.8 Å². The van der Waals surface area contributed by atoms with Gasteiger partial charge in [0.25, 0.3) is 5.91 Å². The van der Waals surface area contributed by atoms with E-state index in [0.29, 0.717) is 23.6 Å². The van der Waals surface area contributed by atoms with Crippen LogP contribution in [0.25, 0.3) is 10.9 Å². The average molecular weight is 369 g/mol. The molecule has 1 saturated carbocycles. The summed E-state index contributed by atoms with van der Waals surface area (Å²) in [5, 5.41) is 4.93. The van der Waals surface area contributed by atoms with Crippen molar-refractivity contribution in [3.05, 3.63) is 58.7 Å². The van der Waals surface area contributed by atoms with Gasteiger partial charge in [-0.25, -0.2) is 0 Å². The Balaban J connectivity index is 1.36. The van der Waals surface area contributed by atoms with Crippen LogP contribution in [0.1, 0.15) is 28.8 Å². The lowest BCUT2D eigenvalue weighted by molar-refractivity contribution is 0.0949. The van der Waals surface area contributed by atoms with E-state index in [4.69, 9.17) is 21.1 Å². The first-order chi connectivity index (χ1) is 12.6. The predicted molar refractivity (Wildman–Crippen MR) is 99.1 cm³/mol. The fraction of sp³-hybridized carbons (Fsp3) is 0.250. The number of nitrogens with one attached hydrogen (secondary N) is 2. The number of amides is 1. The fourth-order valence-corrected chi connectivity index (χ4v) is 3.79. The summed E-state index contributed by atoms with van der Waals surface area (Å²) in [6, 6.07) is 11.1. The molecular weight excluding hydrogens is 352 g/mol. The summed E-state index contributed by atoms with van der Waals surface area (Å²) in [5.74, 6) is 1.19. The molecule has 5 rings (SSSR count). The Morgan fingerprint density at radius 3 is 2.85 bits per heavy atom. The molecule has 0 atom stereocenters. The van der Waals surface area contributed by atoms with Crippen LogP contribution in [-0.4, -0.2) is 24.2 Å². The summed E-state index contributed by atoms with van der Waals surface area (Å²) in [6.07, 6.45) is 4.14. The maximum absolute atomic E-state index is 12.6. The van der Waals surface area contributed by atoms with Crippen molar-refractivity contribution in [1.82, 2.24) is 10.3 Å². The number of carbonyl (C=O) groups excluding carboxylic acids is 1. The first kappa shape index (κ1) is 15.6. The quantitative estimate of drug-likeness (QED) is 0.731. The summed E-state index contributed by atoms with van der Waals surface area (Å²) in [6.45, 7) is 0.798. The van der Waals surface area contributed by atoms with Crippen molar-refractivity contribution in [1.29, 1.82) is 0 Å². The molecule has 6 heteroatoms. The molecule has 2 heterocycles. The second kappa shape index (κ2) is 5.68. The van der Waals surface area contributed by atoms with E-state index in [-0.39, 0.29) is 18.1 Å². The number of ether oxygens (including phenoxy) is 2. The molecule has 0 bridgehead atoms. The number of H-pyrrole nitrogens is 1. The molecule has 2 aromatic carbocycles. The molecule has 1 aliphatic heterocycles. The van der Waals surface area contributed by atoms with E-state index in [1.807, 2.05) is 24.4 Å². The number of benzene rings is 2. The van der Waals surface area contributed by atoms with E-state index < -0.39 is 0 Å². The monoisotopic (exact) mass is 368 g/mol. The van der Waals surface area contributed by atoms with Gasteiger partial charge in [0.1, 0.15) is 0 Å². The van der Waals surface area contributed by atoms with E-state index in [9.17, 15) is 4.79 Å². The summed E-state index contributed by atoms with van der Waals surface area (Å²) < 4.78 is 10.6. The molecule has 1 fully saturated rings. The van der Waals surface area contributed by atoms with Gasteiger partial charge in [-0.1, -0.05) is 11.6 Å². The molecule has 2 aliphatic rings. The minimum Gasteiger partial charge on any atom is -0.454 e. The highest BCUT2D eigenvalue weighted by Gasteiger charge is 2.46. The van der Waals surface area contributed by atoms with Crippen LogP contribution in [0.2, 0.25) is 5.02 Å². The summed E-state index contributed by atoms with van der Waals surface area (Å²) in [7, 11) is 0. The number of fused-ring (bicyclic) bond motifs is 2. The van der Waals surface area contributed by atoms with Crippen LogP contribution in [0.15, 0.2) is 42.6 Å². The maximum atomic E-state index is 12.6. The molecule has 5 nitrogen and oxygen atoms in total. The third-order valence-corrected chi connectivity index (χ3v) is 5.53. The molecule has 1 aliphatic carbocycles. The Morgan fingerprint density at radius 1 is 1.15 bits per heavy atom. The first-order valence-electron chi connectivity index (χ1n) is 8.60. The lowest BCUT2D eigenvalue weighted by atomic mass is 9.95. The number of hydrogen-bond acceptors (Lipinski definition) is 3. The van der Waals surface area contributed by atoms with Crippen LogP contribution < -0.4 is 14.8 Å². The van der Waals surface area contributed by atoms with E-state index in [2.05, 4.69) is 10.3 Å². The number of hydrogen-bond donors (Lipinski definition) is 2. The Kier molecular flexibility index (Phi) is 3.40. The van der Waals surface area contributed by atoms with Crippen molar-refractivity contribution in [3.63, 3.8) is 0 Å². The second-order valence-electron chi connectivity index (χ2n) is 6.92. The zero-order valence-corrected chi connectivity index (χ0v) is 14.7. The standard InChI is InChI=1S/C20H17ClN2O3/c21-13-2-3-16-14(8-13)15(9-22-16)20(5-6-20)10-23-19(24)12-1-4-17-18(7-12)26-11-25-17/h1-4,7-9,22H,5-6,10-11H2,(H,23,24). The van der Waals surface area contributed by atoms with Gasteiger partial charge in [0.05, 0.1) is 0 Å². The van der Waals surface area contributed by atoms with Gasteiger partial charge in [-0.2, -0.15) is 0 Å². The van der Waals surface area contributed by atoms with Crippen molar-refractivity contribution in [2.75, 3.05) is 13.3 Å². The van der Waals surface area contributed by atoms with Gasteiger partial charge in [0, 0.05) is 39.6 Å². The van der Waals surface area contributed by atoms with Crippen molar-refractivity contribution >= 4 is 28.4 Å². The van der Waals surface area contributed by atoms with E-state index in [1.54, 1.807) is 18.2 Å². The summed E-state index contributed by atoms with van der Waals surface area (Å²) in [5.41, 5.74) is 2.85. The minimum absolute atomic E-state index is 0.0189. The third kappa shape index (κ3) is 2.51.